The molecule has 0 atom stereocenters. The van der Waals surface area contributed by atoms with Crippen molar-refractivity contribution in [1.82, 2.24) is 4.98 Å². The Morgan fingerprint density at radius 2 is 1.72 bits per heavy atom. The maximum atomic E-state index is 11.0. The number of carbonyl (C=O) groups excluding carboxylic acids is 2. The maximum Gasteiger partial charge on any atom is 0.330 e. The topological polar surface area (TPSA) is 65.5 Å². The van der Waals surface area contributed by atoms with Crippen LogP contribution in [0.25, 0.3) is 12.2 Å². The van der Waals surface area contributed by atoms with Crippen molar-refractivity contribution in [2.24, 2.45) is 0 Å². The van der Waals surface area contributed by atoms with Gasteiger partial charge in [-0.25, -0.2) is 9.59 Å². The van der Waals surface area contributed by atoms with Crippen molar-refractivity contribution in [2.45, 2.75) is 0 Å². The van der Waals surface area contributed by atoms with E-state index in [1.807, 2.05) is 0 Å². The lowest BCUT2D eigenvalue weighted by Gasteiger charge is -1.99. The van der Waals surface area contributed by atoms with Gasteiger partial charge in [-0.15, -0.1) is 0 Å². The molecule has 1 rings (SSSR count). The van der Waals surface area contributed by atoms with Crippen LogP contribution in [0.1, 0.15) is 11.3 Å². The van der Waals surface area contributed by atoms with Gasteiger partial charge in [0.1, 0.15) is 0 Å². The third-order valence-electron chi connectivity index (χ3n) is 2.05. The molecule has 1 aromatic heterocycles. The summed E-state index contributed by atoms with van der Waals surface area (Å²) in [7, 11) is 2.59. The van der Waals surface area contributed by atoms with Gasteiger partial charge in [-0.2, -0.15) is 0 Å². The number of aromatic nitrogens is 1. The third kappa shape index (κ3) is 4.21. The van der Waals surface area contributed by atoms with Gasteiger partial charge in [0, 0.05) is 23.9 Å². The SMILES string of the molecule is COC(=O)/C=C/c1cccnc1/C=C/C(=O)OC. The zero-order valence-corrected chi connectivity index (χ0v) is 10.1. The lowest BCUT2D eigenvalue weighted by Crippen LogP contribution is -1.95. The van der Waals surface area contributed by atoms with E-state index in [9.17, 15) is 9.59 Å². The summed E-state index contributed by atoms with van der Waals surface area (Å²) < 4.78 is 8.97. The van der Waals surface area contributed by atoms with Crippen molar-refractivity contribution >= 4 is 24.1 Å². The summed E-state index contributed by atoms with van der Waals surface area (Å²) in [5.41, 5.74) is 1.26. The van der Waals surface area contributed by atoms with E-state index in [-0.39, 0.29) is 0 Å². The van der Waals surface area contributed by atoms with Gasteiger partial charge >= 0.3 is 11.9 Å². The number of rotatable bonds is 4. The smallest absolute Gasteiger partial charge is 0.330 e. The summed E-state index contributed by atoms with van der Waals surface area (Å²) in [4.78, 5) is 26.1. The second kappa shape index (κ2) is 7.01. The first-order chi connectivity index (χ1) is 8.67. The van der Waals surface area contributed by atoms with E-state index < -0.39 is 11.9 Å². The molecular weight excluding hydrogens is 234 g/mol. The van der Waals surface area contributed by atoms with E-state index in [1.165, 1.54) is 32.4 Å². The Hall–Kier alpha value is -2.43. The Labute approximate surface area is 105 Å². The predicted octanol–water partition coefficient (Wildman–Crippen LogP) is 1.45. The normalized spacial score (nSPS) is 10.8. The standard InChI is InChI=1S/C13H13NO4/c1-17-12(15)7-5-10-4-3-9-14-11(10)6-8-13(16)18-2/h3-9H,1-2H3/b7-5+,8-6+. The van der Waals surface area contributed by atoms with Gasteiger partial charge in [-0.1, -0.05) is 6.07 Å². The molecule has 0 aromatic carbocycles. The van der Waals surface area contributed by atoms with Crippen LogP contribution >= 0.6 is 0 Å². The average molecular weight is 247 g/mol. The minimum atomic E-state index is -0.469. The molecule has 5 nitrogen and oxygen atoms in total. The van der Waals surface area contributed by atoms with Crippen molar-refractivity contribution in [3.05, 3.63) is 41.7 Å². The molecule has 0 spiro atoms. The molecule has 0 saturated heterocycles. The molecule has 5 heteroatoms. The second-order valence-corrected chi connectivity index (χ2v) is 3.19. The van der Waals surface area contributed by atoms with Crippen molar-refractivity contribution in [3.63, 3.8) is 0 Å². The van der Waals surface area contributed by atoms with E-state index in [4.69, 9.17) is 0 Å². The highest BCUT2D eigenvalue weighted by molar-refractivity contribution is 5.89. The van der Waals surface area contributed by atoms with Gasteiger partial charge in [0.15, 0.2) is 0 Å². The molecule has 94 valence electrons. The monoisotopic (exact) mass is 247 g/mol. The van der Waals surface area contributed by atoms with Gasteiger partial charge in [0.25, 0.3) is 0 Å². The second-order valence-electron chi connectivity index (χ2n) is 3.19. The van der Waals surface area contributed by atoms with Gasteiger partial charge in [-0.05, 0) is 18.2 Å². The quantitative estimate of drug-likeness (QED) is 0.595. The maximum absolute atomic E-state index is 11.0. The third-order valence-corrected chi connectivity index (χ3v) is 2.05. The Bertz CT molecular complexity index is 447. The highest BCUT2D eigenvalue weighted by Gasteiger charge is 1.99. The molecule has 0 saturated carbocycles. The van der Waals surface area contributed by atoms with Crippen LogP contribution in [-0.2, 0) is 19.1 Å². The molecule has 0 amide bonds. The highest BCUT2D eigenvalue weighted by Crippen LogP contribution is 2.09. The Balaban J connectivity index is 2.93. The molecule has 0 bridgehead atoms. The first-order valence-electron chi connectivity index (χ1n) is 5.14. The summed E-state index contributed by atoms with van der Waals surface area (Å²) in [5, 5.41) is 0. The van der Waals surface area contributed by atoms with E-state index in [0.29, 0.717) is 11.3 Å². The fraction of sp³-hybridized carbons (Fsp3) is 0.154. The summed E-state index contributed by atoms with van der Waals surface area (Å²) >= 11 is 0. The number of hydrogen-bond donors (Lipinski definition) is 0. The minimum Gasteiger partial charge on any atom is -0.466 e. The minimum absolute atomic E-state index is 0.457. The molecular formula is C13H13NO4. The molecule has 0 aliphatic carbocycles. The van der Waals surface area contributed by atoms with Crippen LogP contribution in [0.15, 0.2) is 30.5 Å². The summed E-state index contributed by atoms with van der Waals surface area (Å²) in [6.45, 7) is 0. The van der Waals surface area contributed by atoms with Crippen LogP contribution < -0.4 is 0 Å². The average Bonchev–Trinajstić information content (AvgIpc) is 2.42. The van der Waals surface area contributed by atoms with Crippen molar-refractivity contribution in [3.8, 4) is 0 Å². The van der Waals surface area contributed by atoms with Crippen LogP contribution in [0.5, 0.6) is 0 Å². The lowest BCUT2D eigenvalue weighted by molar-refractivity contribution is -0.135. The fourth-order valence-corrected chi connectivity index (χ4v) is 1.15. The van der Waals surface area contributed by atoms with Gasteiger partial charge in [0.2, 0.25) is 0 Å². The number of pyridine rings is 1. The molecule has 1 heterocycles. The van der Waals surface area contributed by atoms with Crippen molar-refractivity contribution < 1.29 is 19.1 Å². The van der Waals surface area contributed by atoms with Crippen LogP contribution in [0.2, 0.25) is 0 Å². The molecule has 0 aliphatic rings. The van der Waals surface area contributed by atoms with Crippen molar-refractivity contribution in [1.29, 1.82) is 0 Å². The molecule has 0 N–H and O–H groups in total. The van der Waals surface area contributed by atoms with Crippen LogP contribution in [0.4, 0.5) is 0 Å². The van der Waals surface area contributed by atoms with Gasteiger partial charge < -0.3 is 9.47 Å². The van der Waals surface area contributed by atoms with Crippen LogP contribution in [-0.4, -0.2) is 31.1 Å². The summed E-state index contributed by atoms with van der Waals surface area (Å²) in [5.74, 6) is -0.926. The Kier molecular flexibility index (Phi) is 5.31. The highest BCUT2D eigenvalue weighted by atomic mass is 16.5. The summed E-state index contributed by atoms with van der Waals surface area (Å²) in [6.07, 6.45) is 7.22. The van der Waals surface area contributed by atoms with E-state index in [1.54, 1.807) is 24.4 Å². The molecule has 0 fully saturated rings. The molecule has 18 heavy (non-hydrogen) atoms. The van der Waals surface area contributed by atoms with E-state index >= 15 is 0 Å². The first-order valence-corrected chi connectivity index (χ1v) is 5.14. The Morgan fingerprint density at radius 1 is 1.11 bits per heavy atom. The zero-order valence-electron chi connectivity index (χ0n) is 10.1. The van der Waals surface area contributed by atoms with Gasteiger partial charge in [-0.3, -0.25) is 4.98 Å². The number of esters is 2. The molecule has 0 unspecified atom stereocenters. The number of carbonyl (C=O) groups is 2. The first kappa shape index (κ1) is 13.6. The van der Waals surface area contributed by atoms with Gasteiger partial charge in [0.05, 0.1) is 19.9 Å². The fourth-order valence-electron chi connectivity index (χ4n) is 1.15. The summed E-state index contributed by atoms with van der Waals surface area (Å²) in [6, 6.07) is 3.50. The van der Waals surface area contributed by atoms with E-state index in [0.717, 1.165) is 0 Å². The van der Waals surface area contributed by atoms with Crippen molar-refractivity contribution in [2.75, 3.05) is 14.2 Å². The number of methoxy groups -OCH3 is 2. The molecule has 0 aliphatic heterocycles. The Morgan fingerprint density at radius 3 is 2.33 bits per heavy atom. The predicted molar refractivity (Wildman–Crippen MR) is 66.3 cm³/mol. The lowest BCUT2D eigenvalue weighted by atomic mass is 10.1. The molecule has 0 radical (unpaired) electrons. The van der Waals surface area contributed by atoms with Crippen LogP contribution in [0.3, 0.4) is 0 Å². The van der Waals surface area contributed by atoms with E-state index in [2.05, 4.69) is 14.5 Å². The number of ether oxygens (including phenoxy) is 2. The molecule has 1 aromatic rings. The largest absolute Gasteiger partial charge is 0.466 e. The van der Waals surface area contributed by atoms with Crippen LogP contribution in [0, 0.1) is 0 Å². The zero-order chi connectivity index (χ0) is 13.4. The number of hydrogen-bond acceptors (Lipinski definition) is 5. The number of nitrogens with zero attached hydrogens (tertiary/aromatic N) is 1.